The molecule has 0 saturated heterocycles. The lowest BCUT2D eigenvalue weighted by atomic mass is 10.3. The van der Waals surface area contributed by atoms with Gasteiger partial charge in [0.1, 0.15) is 5.78 Å². The molecule has 2 rings (SSSR count). The van der Waals surface area contributed by atoms with E-state index in [0.717, 1.165) is 6.42 Å². The topological polar surface area (TPSA) is 34.1 Å². The Balaban J connectivity index is 2.33. The molecule has 0 bridgehead atoms. The van der Waals surface area contributed by atoms with Crippen molar-refractivity contribution in [3.05, 3.63) is 28.2 Å². The van der Waals surface area contributed by atoms with Crippen molar-refractivity contribution in [3.63, 3.8) is 0 Å². The molecule has 1 saturated carbocycles. The normalized spacial score (nSPS) is 22.4. The van der Waals surface area contributed by atoms with Crippen LogP contribution in [0.4, 0.5) is 0 Å². The maximum Gasteiger partial charge on any atom is 0.148 e. The first-order valence-corrected chi connectivity index (χ1v) is 6.95. The molecule has 1 aromatic carbocycles. The summed E-state index contributed by atoms with van der Waals surface area (Å²) in [5.74, 6) is 0.0642. The third kappa shape index (κ3) is 2.31. The van der Waals surface area contributed by atoms with Gasteiger partial charge in [0, 0.05) is 11.4 Å². The van der Waals surface area contributed by atoms with Crippen LogP contribution in [0.25, 0.3) is 0 Å². The molecule has 0 aromatic heterocycles. The van der Waals surface area contributed by atoms with Crippen LogP contribution in [0.3, 0.4) is 0 Å². The van der Waals surface area contributed by atoms with Gasteiger partial charge in [0.25, 0.3) is 0 Å². The van der Waals surface area contributed by atoms with Crippen molar-refractivity contribution in [1.29, 1.82) is 0 Å². The fraction of sp³-hybridized carbons (Fsp3) is 0.364. The predicted molar refractivity (Wildman–Crippen MR) is 65.5 cm³/mol. The summed E-state index contributed by atoms with van der Waals surface area (Å²) in [6, 6.07) is 4.82. The summed E-state index contributed by atoms with van der Waals surface area (Å²) in [6.45, 7) is 0. The van der Waals surface area contributed by atoms with E-state index in [9.17, 15) is 9.00 Å². The summed E-state index contributed by atoms with van der Waals surface area (Å²) in [5.41, 5.74) is 0. The molecule has 2 unspecified atom stereocenters. The molecule has 1 aliphatic carbocycles. The van der Waals surface area contributed by atoms with Gasteiger partial charge in [-0.1, -0.05) is 23.2 Å². The van der Waals surface area contributed by atoms with Crippen LogP contribution in [0.15, 0.2) is 23.1 Å². The van der Waals surface area contributed by atoms with E-state index in [1.165, 1.54) is 0 Å². The summed E-state index contributed by atoms with van der Waals surface area (Å²) in [4.78, 5) is 12.0. The van der Waals surface area contributed by atoms with Crippen molar-refractivity contribution in [3.8, 4) is 0 Å². The van der Waals surface area contributed by atoms with Gasteiger partial charge in [0.2, 0.25) is 0 Å². The number of hydrogen-bond donors (Lipinski definition) is 0. The van der Waals surface area contributed by atoms with Gasteiger partial charge in [-0.25, -0.2) is 0 Å². The number of carbonyl (C=O) groups excluding carboxylic acids is 1. The molecule has 0 heterocycles. The third-order valence-electron chi connectivity index (χ3n) is 2.62. The zero-order valence-corrected chi connectivity index (χ0v) is 10.7. The molecule has 0 aliphatic heterocycles. The SMILES string of the molecule is O=C1CCCC1S(=O)c1cc(Cl)ccc1Cl. The summed E-state index contributed by atoms with van der Waals surface area (Å²) in [7, 11) is -1.38. The predicted octanol–water partition coefficient (Wildman–Crippen LogP) is 3.22. The maximum absolute atomic E-state index is 12.2. The van der Waals surface area contributed by atoms with E-state index in [2.05, 4.69) is 0 Å². The highest BCUT2D eigenvalue weighted by atomic mass is 35.5. The van der Waals surface area contributed by atoms with Crippen molar-refractivity contribution >= 4 is 39.8 Å². The molecular weight excluding hydrogens is 267 g/mol. The molecule has 0 amide bonds. The Bertz CT molecular complexity index is 459. The van der Waals surface area contributed by atoms with E-state index in [0.29, 0.717) is 27.8 Å². The van der Waals surface area contributed by atoms with Gasteiger partial charge in [-0.3, -0.25) is 9.00 Å². The van der Waals surface area contributed by atoms with Crippen molar-refractivity contribution in [1.82, 2.24) is 0 Å². The number of rotatable bonds is 2. The fourth-order valence-corrected chi connectivity index (χ4v) is 3.92. The van der Waals surface area contributed by atoms with E-state index in [4.69, 9.17) is 23.2 Å². The first-order valence-electron chi connectivity index (χ1n) is 4.98. The minimum Gasteiger partial charge on any atom is -0.298 e. The lowest BCUT2D eigenvalue weighted by Crippen LogP contribution is -2.20. The first-order chi connectivity index (χ1) is 7.59. The number of ketones is 1. The molecule has 86 valence electrons. The smallest absolute Gasteiger partial charge is 0.148 e. The van der Waals surface area contributed by atoms with Gasteiger partial charge in [-0.05, 0) is 31.0 Å². The van der Waals surface area contributed by atoms with Crippen LogP contribution in [0.2, 0.25) is 10.0 Å². The van der Waals surface area contributed by atoms with E-state index in [1.807, 2.05) is 0 Å². The highest BCUT2D eigenvalue weighted by molar-refractivity contribution is 7.86. The van der Waals surface area contributed by atoms with Gasteiger partial charge in [0.05, 0.1) is 26.0 Å². The molecule has 0 N–H and O–H groups in total. The summed E-state index contributed by atoms with van der Waals surface area (Å²) >= 11 is 11.8. The quantitative estimate of drug-likeness (QED) is 0.831. The summed E-state index contributed by atoms with van der Waals surface area (Å²) in [5, 5.41) is 0.483. The lowest BCUT2D eigenvalue weighted by molar-refractivity contribution is -0.117. The van der Waals surface area contributed by atoms with Crippen molar-refractivity contribution < 1.29 is 9.00 Å². The monoisotopic (exact) mass is 276 g/mol. The minimum atomic E-state index is -1.38. The lowest BCUT2D eigenvalue weighted by Gasteiger charge is -2.09. The van der Waals surface area contributed by atoms with Crippen molar-refractivity contribution in [2.75, 3.05) is 0 Å². The van der Waals surface area contributed by atoms with Crippen molar-refractivity contribution in [2.45, 2.75) is 29.4 Å². The Kier molecular flexibility index (Phi) is 3.67. The molecule has 2 nitrogen and oxygen atoms in total. The highest BCUT2D eigenvalue weighted by Gasteiger charge is 2.31. The molecule has 1 fully saturated rings. The van der Waals surface area contributed by atoms with Crippen LogP contribution in [0.1, 0.15) is 19.3 Å². The van der Waals surface area contributed by atoms with Crippen LogP contribution in [0.5, 0.6) is 0 Å². The fourth-order valence-electron chi connectivity index (χ4n) is 1.79. The number of hydrogen-bond acceptors (Lipinski definition) is 2. The van der Waals surface area contributed by atoms with Crippen molar-refractivity contribution in [2.24, 2.45) is 0 Å². The van der Waals surface area contributed by atoms with Gasteiger partial charge in [-0.15, -0.1) is 0 Å². The van der Waals surface area contributed by atoms with Crippen LogP contribution in [0, 0.1) is 0 Å². The van der Waals surface area contributed by atoms with Crippen LogP contribution >= 0.6 is 23.2 Å². The van der Waals surface area contributed by atoms with E-state index in [-0.39, 0.29) is 5.78 Å². The van der Waals surface area contributed by atoms with E-state index < -0.39 is 16.0 Å². The number of halogens is 2. The molecule has 5 heteroatoms. The molecule has 2 atom stereocenters. The number of benzene rings is 1. The van der Waals surface area contributed by atoms with Gasteiger partial charge in [-0.2, -0.15) is 0 Å². The summed E-state index contributed by atoms with van der Waals surface area (Å²) in [6.07, 6.45) is 2.01. The minimum absolute atomic E-state index is 0.0642. The number of carbonyl (C=O) groups is 1. The highest BCUT2D eigenvalue weighted by Crippen LogP contribution is 2.30. The first kappa shape index (κ1) is 12.1. The molecule has 0 spiro atoms. The Morgan fingerprint density at radius 3 is 2.69 bits per heavy atom. The van der Waals surface area contributed by atoms with Crippen LogP contribution in [-0.2, 0) is 15.6 Å². The largest absolute Gasteiger partial charge is 0.298 e. The molecule has 1 aliphatic rings. The molecule has 16 heavy (non-hydrogen) atoms. The zero-order chi connectivity index (χ0) is 11.7. The summed E-state index contributed by atoms with van der Waals surface area (Å²) < 4.78 is 12.2. The second-order valence-corrected chi connectivity index (χ2v) is 6.17. The molecular formula is C11H10Cl2O2S. The zero-order valence-electron chi connectivity index (χ0n) is 8.41. The van der Waals surface area contributed by atoms with E-state index in [1.54, 1.807) is 18.2 Å². The van der Waals surface area contributed by atoms with E-state index >= 15 is 0 Å². The number of Topliss-reactive ketones (excluding diaryl/α,β-unsaturated/α-hetero) is 1. The Labute approximate surface area is 106 Å². The molecule has 0 radical (unpaired) electrons. The Morgan fingerprint density at radius 2 is 2.06 bits per heavy atom. The van der Waals surface area contributed by atoms with Gasteiger partial charge >= 0.3 is 0 Å². The van der Waals surface area contributed by atoms with Gasteiger partial charge in [0.15, 0.2) is 0 Å². The van der Waals surface area contributed by atoms with Crippen LogP contribution in [-0.4, -0.2) is 15.2 Å². The Hall–Kier alpha value is -0.380. The second kappa shape index (κ2) is 4.86. The Morgan fingerprint density at radius 1 is 1.31 bits per heavy atom. The average molecular weight is 277 g/mol. The third-order valence-corrected chi connectivity index (χ3v) is 5.08. The molecule has 1 aromatic rings. The average Bonchev–Trinajstić information content (AvgIpc) is 2.67. The van der Waals surface area contributed by atoms with Gasteiger partial charge < -0.3 is 0 Å². The van der Waals surface area contributed by atoms with Crippen LogP contribution < -0.4 is 0 Å². The standard InChI is InChI=1S/C11H10Cl2O2S/c12-7-4-5-8(13)11(6-7)16(15)10-3-1-2-9(10)14/h4-6,10H,1-3H2. The maximum atomic E-state index is 12.2. The second-order valence-electron chi connectivity index (χ2n) is 3.72.